The summed E-state index contributed by atoms with van der Waals surface area (Å²) < 4.78 is 11.6. The smallest absolute Gasteiger partial charge is 0.341 e. The van der Waals surface area contributed by atoms with Crippen molar-refractivity contribution in [2.75, 3.05) is 48.9 Å². The Morgan fingerprint density at radius 1 is 1.16 bits per heavy atom. The van der Waals surface area contributed by atoms with E-state index in [2.05, 4.69) is 40.1 Å². The van der Waals surface area contributed by atoms with E-state index in [-0.39, 0.29) is 0 Å². The monoisotopic (exact) mass is 519 g/mol. The summed E-state index contributed by atoms with van der Waals surface area (Å²) in [6.45, 7) is 9.03. The summed E-state index contributed by atoms with van der Waals surface area (Å²) >= 11 is 1.65. The second kappa shape index (κ2) is 10.3. The number of rotatable bonds is 7. The molecule has 192 valence electrons. The van der Waals surface area contributed by atoms with Gasteiger partial charge < -0.3 is 25.4 Å². The molecule has 0 amide bonds. The normalized spacial score (nSPS) is 14.1. The van der Waals surface area contributed by atoms with Gasteiger partial charge in [0.15, 0.2) is 11.6 Å². The molecule has 3 aromatic heterocycles. The number of hydrogen-bond donors (Lipinski definition) is 2. The van der Waals surface area contributed by atoms with E-state index in [4.69, 9.17) is 25.2 Å². The molecule has 1 saturated heterocycles. The molecule has 3 N–H and O–H groups in total. The zero-order valence-corrected chi connectivity index (χ0v) is 21.8. The number of aromatic nitrogens is 4. The number of thiophene rings is 1. The Labute approximate surface area is 218 Å². The van der Waals surface area contributed by atoms with Gasteiger partial charge in [0, 0.05) is 41.6 Å². The van der Waals surface area contributed by atoms with Crippen molar-refractivity contribution in [3.05, 3.63) is 53.2 Å². The molecule has 1 aliphatic rings. The van der Waals surface area contributed by atoms with Crippen LogP contribution in [0.5, 0.6) is 0 Å². The van der Waals surface area contributed by atoms with Gasteiger partial charge in [-0.15, -0.1) is 11.3 Å². The number of carbonyl (C=O) groups excluding carboxylic acids is 1. The highest BCUT2D eigenvalue weighted by molar-refractivity contribution is 7.19. The third-order valence-electron chi connectivity index (χ3n) is 6.04. The second-order valence-corrected chi connectivity index (χ2v) is 10.2. The predicted octanol–water partition coefficient (Wildman–Crippen LogP) is 4.09. The van der Waals surface area contributed by atoms with Gasteiger partial charge in [-0.25, -0.2) is 24.7 Å². The molecule has 0 bridgehead atoms. The Bertz CT molecular complexity index is 1400. The number of anilines is 3. The molecule has 0 unspecified atom stereocenters. The highest BCUT2D eigenvalue weighted by Gasteiger charge is 2.27. The molecule has 0 radical (unpaired) electrons. The molecule has 1 aromatic carbocycles. The number of nitrogen functional groups attached to an aromatic ring is 1. The molecule has 0 spiro atoms. The van der Waals surface area contributed by atoms with Gasteiger partial charge >= 0.3 is 5.97 Å². The first kappa shape index (κ1) is 24.8. The summed E-state index contributed by atoms with van der Waals surface area (Å²) in [4.78, 5) is 33.8. The lowest BCUT2D eigenvalue weighted by Gasteiger charge is -2.28. The summed E-state index contributed by atoms with van der Waals surface area (Å²) in [6, 6.07) is 9.69. The quantitative estimate of drug-likeness (QED) is 0.272. The van der Waals surface area contributed by atoms with Crippen molar-refractivity contribution < 1.29 is 14.3 Å². The van der Waals surface area contributed by atoms with Crippen molar-refractivity contribution in [2.24, 2.45) is 0 Å². The van der Waals surface area contributed by atoms with Gasteiger partial charge in [0.05, 0.1) is 41.1 Å². The van der Waals surface area contributed by atoms with Gasteiger partial charge in [0.2, 0.25) is 5.95 Å². The first-order chi connectivity index (χ1) is 17.8. The third-order valence-corrected chi connectivity index (χ3v) is 7.48. The number of esters is 1. The van der Waals surface area contributed by atoms with Crippen molar-refractivity contribution in [1.29, 1.82) is 0 Å². The molecule has 1 fully saturated rings. The molecule has 0 aliphatic carbocycles. The van der Waals surface area contributed by atoms with E-state index in [0.717, 1.165) is 39.6 Å². The predicted molar refractivity (Wildman–Crippen MR) is 145 cm³/mol. The van der Waals surface area contributed by atoms with Crippen LogP contribution in [0.1, 0.15) is 36.0 Å². The highest BCUT2D eigenvalue weighted by atomic mass is 32.1. The molecule has 0 atom stereocenters. The molecule has 5 rings (SSSR count). The lowest BCUT2D eigenvalue weighted by atomic mass is 10.0. The number of carbonyl (C=O) groups is 1. The van der Waals surface area contributed by atoms with Crippen LogP contribution in [0.25, 0.3) is 21.6 Å². The number of hydrogen-bond acceptors (Lipinski definition) is 11. The summed E-state index contributed by atoms with van der Waals surface area (Å²) in [5.41, 5.74) is 8.17. The first-order valence-electron chi connectivity index (χ1n) is 12.1. The largest absolute Gasteiger partial charge is 0.462 e. The molecule has 0 saturated carbocycles. The number of ether oxygens (including phenoxy) is 2. The molecule has 4 heterocycles. The Morgan fingerprint density at radius 2 is 1.86 bits per heavy atom. The standard InChI is InChI=1S/C26H29N7O3S/c1-4-36-24(34)17-14-28-25(29-15-17)32-26(2,3)20-13-19-21(37-20)23(33-9-11-35-12-10-33)31-22(30-19)16-5-7-18(27)8-6-16/h5-8,13-15H,4,9-12,27H2,1-3H3,(H,28,29,32). The first-order valence-corrected chi connectivity index (χ1v) is 12.9. The van der Waals surface area contributed by atoms with Crippen LogP contribution in [0, 0.1) is 0 Å². The number of fused-ring (bicyclic) bond motifs is 1. The maximum atomic E-state index is 11.9. The van der Waals surface area contributed by atoms with E-state index in [1.165, 1.54) is 12.4 Å². The third kappa shape index (κ3) is 5.32. The maximum Gasteiger partial charge on any atom is 0.341 e. The van der Waals surface area contributed by atoms with E-state index in [0.29, 0.717) is 42.8 Å². The number of nitrogens with zero attached hydrogens (tertiary/aromatic N) is 5. The van der Waals surface area contributed by atoms with Crippen LogP contribution in [-0.2, 0) is 15.0 Å². The minimum absolute atomic E-state index is 0.299. The van der Waals surface area contributed by atoms with Crippen molar-refractivity contribution in [1.82, 2.24) is 19.9 Å². The second-order valence-electron chi connectivity index (χ2n) is 9.18. The molecule has 11 heteroatoms. The van der Waals surface area contributed by atoms with E-state index >= 15 is 0 Å². The SMILES string of the molecule is CCOC(=O)c1cnc(NC(C)(C)c2cc3nc(-c4ccc(N)cc4)nc(N4CCOCC4)c3s2)nc1. The maximum absolute atomic E-state index is 11.9. The van der Waals surface area contributed by atoms with Crippen LogP contribution >= 0.6 is 11.3 Å². The number of nitrogens with two attached hydrogens (primary N) is 1. The van der Waals surface area contributed by atoms with Gasteiger partial charge in [-0.05, 0) is 51.1 Å². The molecule has 10 nitrogen and oxygen atoms in total. The van der Waals surface area contributed by atoms with Crippen molar-refractivity contribution in [2.45, 2.75) is 26.3 Å². The average molecular weight is 520 g/mol. The summed E-state index contributed by atoms with van der Waals surface area (Å²) in [5.74, 6) is 1.53. The van der Waals surface area contributed by atoms with Crippen molar-refractivity contribution in [3.63, 3.8) is 0 Å². The van der Waals surface area contributed by atoms with Crippen molar-refractivity contribution in [3.8, 4) is 11.4 Å². The molecular formula is C26H29N7O3S. The van der Waals surface area contributed by atoms with Gasteiger partial charge in [0.1, 0.15) is 0 Å². The van der Waals surface area contributed by atoms with Crippen LogP contribution < -0.4 is 16.0 Å². The Kier molecular flexibility index (Phi) is 6.90. The van der Waals surface area contributed by atoms with Gasteiger partial charge in [-0.3, -0.25) is 0 Å². The van der Waals surface area contributed by atoms with Gasteiger partial charge in [0.25, 0.3) is 0 Å². The van der Waals surface area contributed by atoms with E-state index in [9.17, 15) is 4.79 Å². The van der Waals surface area contributed by atoms with Crippen LogP contribution in [0.4, 0.5) is 17.5 Å². The van der Waals surface area contributed by atoms with Gasteiger partial charge in [-0.1, -0.05) is 0 Å². The fourth-order valence-corrected chi connectivity index (χ4v) is 5.20. The molecule has 37 heavy (non-hydrogen) atoms. The van der Waals surface area contributed by atoms with Crippen LogP contribution in [0.2, 0.25) is 0 Å². The lowest BCUT2D eigenvalue weighted by Crippen LogP contribution is -2.36. The van der Waals surface area contributed by atoms with Crippen molar-refractivity contribution >= 4 is 45.0 Å². The van der Waals surface area contributed by atoms with E-state index in [1.54, 1.807) is 18.3 Å². The van der Waals surface area contributed by atoms with Crippen LogP contribution in [-0.4, -0.2) is 58.8 Å². The van der Waals surface area contributed by atoms with Gasteiger partial charge in [-0.2, -0.15) is 0 Å². The molecule has 4 aromatic rings. The average Bonchev–Trinajstić information content (AvgIpc) is 3.35. The fourth-order valence-electron chi connectivity index (χ4n) is 4.03. The number of nitrogens with one attached hydrogen (secondary N) is 1. The van der Waals surface area contributed by atoms with Crippen LogP contribution in [0.3, 0.4) is 0 Å². The fraction of sp³-hybridized carbons (Fsp3) is 0.346. The Morgan fingerprint density at radius 3 is 2.54 bits per heavy atom. The van der Waals surface area contributed by atoms with Crippen LogP contribution in [0.15, 0.2) is 42.7 Å². The summed E-state index contributed by atoms with van der Waals surface area (Å²) in [7, 11) is 0. The molecular weight excluding hydrogens is 490 g/mol. The van der Waals surface area contributed by atoms with E-state index < -0.39 is 11.5 Å². The minimum Gasteiger partial charge on any atom is -0.462 e. The Hall–Kier alpha value is -3.83. The number of benzene rings is 1. The molecule has 1 aliphatic heterocycles. The highest BCUT2D eigenvalue weighted by Crippen LogP contribution is 2.39. The summed E-state index contributed by atoms with van der Waals surface area (Å²) in [5, 5.41) is 3.39. The minimum atomic E-state index is -0.513. The van der Waals surface area contributed by atoms with E-state index in [1.807, 2.05) is 24.3 Å². The summed E-state index contributed by atoms with van der Waals surface area (Å²) in [6.07, 6.45) is 2.93. The zero-order chi connectivity index (χ0) is 26.0. The topological polar surface area (TPSA) is 128 Å². The zero-order valence-electron chi connectivity index (χ0n) is 21.0. The lowest BCUT2D eigenvalue weighted by molar-refractivity contribution is 0.0525. The Balaban J connectivity index is 1.50. The number of morpholine rings is 1.